The van der Waals surface area contributed by atoms with E-state index >= 15 is 0 Å². The van der Waals surface area contributed by atoms with Gasteiger partial charge in [-0.05, 0) is 39.2 Å². The summed E-state index contributed by atoms with van der Waals surface area (Å²) in [5, 5.41) is 9.68. The average Bonchev–Trinajstić information content (AvgIpc) is 1.92. The number of ketones is 1. The third kappa shape index (κ3) is 1.75. The third-order valence-electron chi connectivity index (χ3n) is 2.46. The van der Waals surface area contributed by atoms with Crippen LogP contribution in [0, 0.1) is 5.92 Å². The van der Waals surface area contributed by atoms with Gasteiger partial charge in [-0.25, -0.2) is 0 Å². The first-order valence-electron chi connectivity index (χ1n) is 4.36. The predicted octanol–water partition coefficient (Wildman–Crippen LogP) is 1.68. The van der Waals surface area contributed by atoms with Crippen LogP contribution in [0.15, 0.2) is 11.6 Å². The highest BCUT2D eigenvalue weighted by atomic mass is 16.3. The van der Waals surface area contributed by atoms with Crippen LogP contribution in [0.1, 0.15) is 33.6 Å². The zero-order valence-electron chi connectivity index (χ0n) is 7.92. The van der Waals surface area contributed by atoms with E-state index in [0.717, 1.165) is 18.4 Å². The minimum absolute atomic E-state index is 0.105. The molecule has 0 heterocycles. The van der Waals surface area contributed by atoms with Gasteiger partial charge in [-0.3, -0.25) is 4.79 Å². The van der Waals surface area contributed by atoms with Crippen LogP contribution in [0.4, 0.5) is 0 Å². The van der Waals surface area contributed by atoms with Crippen molar-refractivity contribution in [2.75, 3.05) is 0 Å². The molecule has 0 aromatic heterocycles. The summed E-state index contributed by atoms with van der Waals surface area (Å²) in [6, 6.07) is 0. The van der Waals surface area contributed by atoms with Gasteiger partial charge in [0, 0.05) is 0 Å². The average molecular weight is 168 g/mol. The van der Waals surface area contributed by atoms with Crippen molar-refractivity contribution in [3.8, 4) is 0 Å². The minimum atomic E-state index is -0.868. The molecule has 1 aliphatic carbocycles. The summed E-state index contributed by atoms with van der Waals surface area (Å²) < 4.78 is 0. The molecule has 12 heavy (non-hydrogen) atoms. The van der Waals surface area contributed by atoms with E-state index in [1.54, 1.807) is 13.8 Å². The molecule has 0 aromatic rings. The Kier molecular flexibility index (Phi) is 2.38. The van der Waals surface area contributed by atoms with Crippen molar-refractivity contribution in [1.82, 2.24) is 0 Å². The van der Waals surface area contributed by atoms with E-state index in [0.29, 0.717) is 0 Å². The molecule has 0 saturated carbocycles. The SMILES string of the molecule is CC1=CCCC(C(C)(C)O)C1=O. The largest absolute Gasteiger partial charge is 0.390 e. The molecule has 0 bridgehead atoms. The first-order chi connectivity index (χ1) is 5.43. The van der Waals surface area contributed by atoms with Gasteiger partial charge in [-0.1, -0.05) is 6.08 Å². The molecular weight excluding hydrogens is 152 g/mol. The van der Waals surface area contributed by atoms with Crippen LogP contribution < -0.4 is 0 Å². The maximum absolute atomic E-state index is 11.5. The van der Waals surface area contributed by atoms with Gasteiger partial charge in [0.2, 0.25) is 0 Å². The smallest absolute Gasteiger partial charge is 0.164 e. The molecule has 1 aliphatic rings. The fraction of sp³-hybridized carbons (Fsp3) is 0.700. The summed E-state index contributed by atoms with van der Waals surface area (Å²) in [5.41, 5.74) is -0.0690. The van der Waals surface area contributed by atoms with E-state index < -0.39 is 5.60 Å². The Hall–Kier alpha value is -0.630. The lowest BCUT2D eigenvalue weighted by molar-refractivity contribution is -0.127. The molecule has 1 atom stereocenters. The maximum Gasteiger partial charge on any atom is 0.164 e. The van der Waals surface area contributed by atoms with Crippen LogP contribution in [0.5, 0.6) is 0 Å². The van der Waals surface area contributed by atoms with E-state index in [1.165, 1.54) is 0 Å². The lowest BCUT2D eigenvalue weighted by Crippen LogP contribution is -2.38. The first kappa shape index (κ1) is 9.46. The quantitative estimate of drug-likeness (QED) is 0.646. The Morgan fingerprint density at radius 2 is 2.17 bits per heavy atom. The van der Waals surface area contributed by atoms with Crippen LogP contribution in [-0.4, -0.2) is 16.5 Å². The Bertz CT molecular complexity index is 220. The van der Waals surface area contributed by atoms with Crippen LogP contribution >= 0.6 is 0 Å². The Morgan fingerprint density at radius 3 is 2.58 bits per heavy atom. The van der Waals surface area contributed by atoms with Crippen molar-refractivity contribution in [3.05, 3.63) is 11.6 Å². The number of carbonyl (C=O) groups is 1. The summed E-state index contributed by atoms with van der Waals surface area (Å²) in [4.78, 5) is 11.5. The number of Topliss-reactive ketones (excluding diaryl/α,β-unsaturated/α-hetero) is 1. The van der Waals surface area contributed by atoms with Crippen molar-refractivity contribution in [3.63, 3.8) is 0 Å². The summed E-state index contributed by atoms with van der Waals surface area (Å²) >= 11 is 0. The number of carbonyl (C=O) groups excluding carboxylic acids is 1. The van der Waals surface area contributed by atoms with Crippen molar-refractivity contribution in [2.45, 2.75) is 39.2 Å². The Morgan fingerprint density at radius 1 is 1.58 bits per heavy atom. The molecule has 0 spiro atoms. The van der Waals surface area contributed by atoms with E-state index in [4.69, 9.17) is 0 Å². The van der Waals surface area contributed by atoms with E-state index in [-0.39, 0.29) is 11.7 Å². The number of hydrogen-bond donors (Lipinski definition) is 1. The summed E-state index contributed by atoms with van der Waals surface area (Å²) in [6.45, 7) is 5.22. The normalized spacial score (nSPS) is 25.5. The molecular formula is C10H16O2. The number of rotatable bonds is 1. The Labute approximate surface area is 73.3 Å². The number of aliphatic hydroxyl groups is 1. The lowest BCUT2D eigenvalue weighted by atomic mass is 9.78. The van der Waals surface area contributed by atoms with E-state index in [9.17, 15) is 9.90 Å². The molecule has 0 aliphatic heterocycles. The van der Waals surface area contributed by atoms with Gasteiger partial charge in [0.25, 0.3) is 0 Å². The monoisotopic (exact) mass is 168 g/mol. The van der Waals surface area contributed by atoms with E-state index in [2.05, 4.69) is 0 Å². The molecule has 0 saturated heterocycles. The van der Waals surface area contributed by atoms with Gasteiger partial charge in [0.1, 0.15) is 0 Å². The van der Waals surface area contributed by atoms with Gasteiger partial charge < -0.3 is 5.11 Å². The van der Waals surface area contributed by atoms with Crippen LogP contribution in [0.2, 0.25) is 0 Å². The number of hydrogen-bond acceptors (Lipinski definition) is 2. The fourth-order valence-corrected chi connectivity index (χ4v) is 1.65. The molecule has 2 nitrogen and oxygen atoms in total. The molecule has 0 radical (unpaired) electrons. The van der Waals surface area contributed by atoms with Gasteiger partial charge >= 0.3 is 0 Å². The highest BCUT2D eigenvalue weighted by Crippen LogP contribution is 2.29. The van der Waals surface area contributed by atoms with Crippen LogP contribution in [0.3, 0.4) is 0 Å². The van der Waals surface area contributed by atoms with Crippen LogP contribution in [0.25, 0.3) is 0 Å². The van der Waals surface area contributed by atoms with Crippen molar-refractivity contribution in [1.29, 1.82) is 0 Å². The number of allylic oxidation sites excluding steroid dienone is 2. The van der Waals surface area contributed by atoms with Gasteiger partial charge in [-0.15, -0.1) is 0 Å². The fourth-order valence-electron chi connectivity index (χ4n) is 1.65. The minimum Gasteiger partial charge on any atom is -0.390 e. The van der Waals surface area contributed by atoms with Gasteiger partial charge in [0.15, 0.2) is 5.78 Å². The molecule has 0 aromatic carbocycles. The van der Waals surface area contributed by atoms with Crippen molar-refractivity contribution >= 4 is 5.78 Å². The molecule has 2 heteroatoms. The molecule has 1 unspecified atom stereocenters. The highest BCUT2D eigenvalue weighted by molar-refractivity contribution is 5.98. The van der Waals surface area contributed by atoms with Gasteiger partial charge in [-0.2, -0.15) is 0 Å². The van der Waals surface area contributed by atoms with Crippen molar-refractivity contribution in [2.24, 2.45) is 5.92 Å². The first-order valence-corrected chi connectivity index (χ1v) is 4.36. The second kappa shape index (κ2) is 3.02. The highest BCUT2D eigenvalue weighted by Gasteiger charge is 2.34. The van der Waals surface area contributed by atoms with Crippen LogP contribution in [-0.2, 0) is 4.79 Å². The second-order valence-electron chi connectivity index (χ2n) is 4.03. The molecule has 1 rings (SSSR count). The Balaban J connectivity index is 2.83. The molecule has 0 amide bonds. The molecule has 1 N–H and O–H groups in total. The summed E-state index contributed by atoms with van der Waals surface area (Å²) in [7, 11) is 0. The van der Waals surface area contributed by atoms with E-state index in [1.807, 2.05) is 13.0 Å². The standard InChI is InChI=1S/C10H16O2/c1-7-5-4-6-8(9(7)11)10(2,3)12/h5,8,12H,4,6H2,1-3H3. The zero-order chi connectivity index (χ0) is 9.35. The summed E-state index contributed by atoms with van der Waals surface area (Å²) in [6.07, 6.45) is 3.64. The third-order valence-corrected chi connectivity index (χ3v) is 2.46. The topological polar surface area (TPSA) is 37.3 Å². The lowest BCUT2D eigenvalue weighted by Gasteiger charge is -2.30. The molecule has 0 fully saturated rings. The summed E-state index contributed by atoms with van der Waals surface area (Å²) in [5.74, 6) is -0.101. The van der Waals surface area contributed by atoms with Crippen molar-refractivity contribution < 1.29 is 9.90 Å². The zero-order valence-corrected chi connectivity index (χ0v) is 7.92. The predicted molar refractivity (Wildman–Crippen MR) is 47.8 cm³/mol. The maximum atomic E-state index is 11.5. The molecule has 68 valence electrons. The van der Waals surface area contributed by atoms with Gasteiger partial charge in [0.05, 0.1) is 11.5 Å². The second-order valence-corrected chi connectivity index (χ2v) is 4.03.